The maximum atomic E-state index is 12.8. The van der Waals surface area contributed by atoms with E-state index in [4.69, 9.17) is 9.29 Å². The van der Waals surface area contributed by atoms with E-state index in [1.807, 2.05) is 45.2 Å². The predicted octanol–water partition coefficient (Wildman–Crippen LogP) is 3.82. The van der Waals surface area contributed by atoms with Crippen molar-refractivity contribution in [3.63, 3.8) is 0 Å². The lowest BCUT2D eigenvalue weighted by Gasteiger charge is -2.18. The molecule has 0 bridgehead atoms. The molecule has 1 fully saturated rings. The van der Waals surface area contributed by atoms with Gasteiger partial charge in [-0.25, -0.2) is 4.79 Å². The molecule has 12 heteroatoms. The molecule has 0 aliphatic heterocycles. The first-order valence-corrected chi connectivity index (χ1v) is 13.8. The summed E-state index contributed by atoms with van der Waals surface area (Å²) in [6, 6.07) is 0. The Kier molecular flexibility index (Phi) is 9.29. The van der Waals surface area contributed by atoms with Gasteiger partial charge in [0.05, 0.1) is 16.9 Å². The number of nitrogens with one attached hydrogen (secondary N) is 1. The van der Waals surface area contributed by atoms with E-state index in [-0.39, 0.29) is 23.8 Å². The molecular weight excluding hydrogens is 830 g/mol. The van der Waals surface area contributed by atoms with Gasteiger partial charge >= 0.3 is 5.97 Å². The van der Waals surface area contributed by atoms with Crippen LogP contribution in [0.5, 0.6) is 0 Å². The fraction of sp³-hybridized carbons (Fsp3) is 0.467. The van der Waals surface area contributed by atoms with Crippen LogP contribution in [0.3, 0.4) is 0 Å². The lowest BCUT2D eigenvalue weighted by atomic mass is 10.1. The molecule has 1 aliphatic carbocycles. The average Bonchev–Trinajstić information content (AvgIpc) is 3.07. The molecule has 0 saturated heterocycles. The Morgan fingerprint density at radius 3 is 2.04 bits per heavy atom. The third-order valence-corrected chi connectivity index (χ3v) is 12.1. The SMILES string of the molecule is O=C(NCCS(=O)(=O)O)c1c(I)c(I)c(I)c(I)c1C(=O)OC1CCCC1. The Morgan fingerprint density at radius 1 is 1.00 bits per heavy atom. The van der Waals surface area contributed by atoms with Gasteiger partial charge in [-0.1, -0.05) is 0 Å². The minimum atomic E-state index is -4.19. The summed E-state index contributed by atoms with van der Waals surface area (Å²) in [5, 5.41) is 2.46. The summed E-state index contributed by atoms with van der Waals surface area (Å²) < 4.78 is 39.1. The Morgan fingerprint density at radius 2 is 1.52 bits per heavy atom. The molecule has 0 atom stereocenters. The highest BCUT2D eigenvalue weighted by atomic mass is 127. The zero-order valence-electron chi connectivity index (χ0n) is 13.7. The van der Waals surface area contributed by atoms with Crippen molar-refractivity contribution in [3.05, 3.63) is 25.4 Å². The van der Waals surface area contributed by atoms with E-state index in [9.17, 15) is 18.0 Å². The number of amides is 1. The van der Waals surface area contributed by atoms with Gasteiger partial charge < -0.3 is 10.1 Å². The minimum absolute atomic E-state index is 0.140. The predicted molar refractivity (Wildman–Crippen MR) is 134 cm³/mol. The molecule has 1 amide bonds. The molecule has 1 aliphatic rings. The van der Waals surface area contributed by atoms with Gasteiger partial charge in [0.15, 0.2) is 0 Å². The largest absolute Gasteiger partial charge is 0.459 e. The standard InChI is InChI=1S/C15H15I4NO6S/c16-10-8(14(21)20-5-6-27(23,24)25)9(11(17)13(19)12(10)18)15(22)26-7-3-1-2-4-7/h7H,1-6H2,(H,20,21)(H,23,24,25). The maximum absolute atomic E-state index is 12.8. The van der Waals surface area contributed by atoms with Gasteiger partial charge in [-0.05, 0) is 116 Å². The van der Waals surface area contributed by atoms with E-state index in [1.54, 1.807) is 0 Å². The summed E-state index contributed by atoms with van der Waals surface area (Å²) >= 11 is 8.26. The Bertz CT molecular complexity index is 868. The number of halogens is 4. The van der Waals surface area contributed by atoms with E-state index < -0.39 is 27.7 Å². The summed E-state index contributed by atoms with van der Waals surface area (Å²) in [6.45, 7) is -0.260. The van der Waals surface area contributed by atoms with Crippen LogP contribution in [-0.2, 0) is 14.9 Å². The van der Waals surface area contributed by atoms with E-state index in [1.165, 1.54) is 0 Å². The van der Waals surface area contributed by atoms with Crippen LogP contribution in [0.2, 0.25) is 0 Å². The first-order valence-electron chi connectivity index (χ1n) is 7.83. The number of benzene rings is 1. The number of carbonyl (C=O) groups is 2. The first-order chi connectivity index (χ1) is 12.5. The highest BCUT2D eigenvalue weighted by Gasteiger charge is 2.30. The van der Waals surface area contributed by atoms with Crippen LogP contribution < -0.4 is 5.32 Å². The molecule has 2 rings (SSSR count). The monoisotopic (exact) mass is 845 g/mol. The molecule has 2 N–H and O–H groups in total. The second-order valence-corrected chi connectivity index (χ2v) is 11.7. The molecule has 27 heavy (non-hydrogen) atoms. The Hall–Kier alpha value is 0.990. The third kappa shape index (κ3) is 6.48. The van der Waals surface area contributed by atoms with E-state index in [2.05, 4.69) is 50.5 Å². The Labute approximate surface area is 211 Å². The average molecular weight is 845 g/mol. The van der Waals surface area contributed by atoms with Gasteiger partial charge in [0.25, 0.3) is 16.0 Å². The number of ether oxygens (including phenoxy) is 1. The van der Waals surface area contributed by atoms with E-state index in [0.717, 1.165) is 32.8 Å². The molecule has 0 unspecified atom stereocenters. The molecule has 0 aromatic heterocycles. The van der Waals surface area contributed by atoms with Gasteiger partial charge in [-0.2, -0.15) is 8.42 Å². The van der Waals surface area contributed by atoms with Crippen LogP contribution in [0.1, 0.15) is 46.4 Å². The second kappa shape index (κ2) is 10.3. The van der Waals surface area contributed by atoms with Crippen LogP contribution >= 0.6 is 90.4 Å². The van der Waals surface area contributed by atoms with Crippen molar-refractivity contribution < 1.29 is 27.3 Å². The maximum Gasteiger partial charge on any atom is 0.340 e. The normalized spacial score (nSPS) is 15.0. The fourth-order valence-electron chi connectivity index (χ4n) is 2.63. The zero-order chi connectivity index (χ0) is 20.4. The molecule has 150 valence electrons. The summed E-state index contributed by atoms with van der Waals surface area (Å²) in [5.74, 6) is -1.72. The zero-order valence-corrected chi connectivity index (χ0v) is 23.2. The summed E-state index contributed by atoms with van der Waals surface area (Å²) in [6.07, 6.45) is 3.52. The minimum Gasteiger partial charge on any atom is -0.459 e. The number of esters is 1. The van der Waals surface area contributed by atoms with Gasteiger partial charge in [-0.15, -0.1) is 0 Å². The van der Waals surface area contributed by atoms with Crippen molar-refractivity contribution in [3.8, 4) is 0 Å². The first kappa shape index (κ1) is 24.3. The summed E-state index contributed by atoms with van der Waals surface area (Å²) in [4.78, 5) is 25.6. The van der Waals surface area contributed by atoms with Crippen LogP contribution in [0.4, 0.5) is 0 Å². The lowest BCUT2D eigenvalue weighted by molar-refractivity contribution is 0.0313. The number of rotatable bonds is 6. The lowest BCUT2D eigenvalue weighted by Crippen LogP contribution is -2.32. The number of hydrogen-bond acceptors (Lipinski definition) is 5. The van der Waals surface area contributed by atoms with E-state index >= 15 is 0 Å². The molecule has 0 heterocycles. The van der Waals surface area contributed by atoms with Crippen molar-refractivity contribution in [2.75, 3.05) is 12.3 Å². The Balaban J connectivity index is 2.38. The van der Waals surface area contributed by atoms with Crippen molar-refractivity contribution in [2.45, 2.75) is 31.8 Å². The van der Waals surface area contributed by atoms with Crippen molar-refractivity contribution in [1.29, 1.82) is 0 Å². The highest BCUT2D eigenvalue weighted by molar-refractivity contribution is 14.1. The van der Waals surface area contributed by atoms with Gasteiger partial charge in [0.2, 0.25) is 0 Å². The molecule has 1 aromatic carbocycles. The van der Waals surface area contributed by atoms with Crippen molar-refractivity contribution >= 4 is 112 Å². The van der Waals surface area contributed by atoms with Crippen molar-refractivity contribution in [1.82, 2.24) is 5.32 Å². The summed E-state index contributed by atoms with van der Waals surface area (Å²) in [7, 11) is -4.19. The molecule has 0 spiro atoms. The van der Waals surface area contributed by atoms with Gasteiger partial charge in [0, 0.05) is 20.8 Å². The van der Waals surface area contributed by atoms with Gasteiger partial charge in [0.1, 0.15) is 6.10 Å². The van der Waals surface area contributed by atoms with Crippen LogP contribution in [-0.4, -0.2) is 43.2 Å². The fourth-order valence-corrected chi connectivity index (χ4v) is 6.65. The number of carbonyl (C=O) groups excluding carboxylic acids is 2. The third-order valence-electron chi connectivity index (χ3n) is 3.92. The smallest absolute Gasteiger partial charge is 0.340 e. The van der Waals surface area contributed by atoms with Crippen molar-refractivity contribution in [2.24, 2.45) is 0 Å². The number of hydrogen-bond donors (Lipinski definition) is 2. The topological polar surface area (TPSA) is 110 Å². The summed E-state index contributed by atoms with van der Waals surface area (Å²) in [5.41, 5.74) is 0.365. The molecule has 1 saturated carbocycles. The quantitative estimate of drug-likeness (QED) is 0.148. The van der Waals surface area contributed by atoms with E-state index in [0.29, 0.717) is 7.14 Å². The van der Waals surface area contributed by atoms with Crippen LogP contribution in [0.25, 0.3) is 0 Å². The molecular formula is C15H15I4NO6S. The molecule has 0 radical (unpaired) electrons. The van der Waals surface area contributed by atoms with Crippen LogP contribution in [0, 0.1) is 14.3 Å². The second-order valence-electron chi connectivity index (χ2n) is 5.86. The highest BCUT2D eigenvalue weighted by Crippen LogP contribution is 2.34. The molecule has 7 nitrogen and oxygen atoms in total. The molecule has 1 aromatic rings. The van der Waals surface area contributed by atoms with Crippen LogP contribution in [0.15, 0.2) is 0 Å². The van der Waals surface area contributed by atoms with Gasteiger partial charge in [-0.3, -0.25) is 9.35 Å².